The molecule has 0 saturated carbocycles. The number of fused-ring (bicyclic) bond motifs is 2. The molecule has 1 amide bonds. The van der Waals surface area contributed by atoms with Crippen molar-refractivity contribution in [3.8, 4) is 0 Å². The first-order valence-corrected chi connectivity index (χ1v) is 13.2. The van der Waals surface area contributed by atoms with E-state index in [0.29, 0.717) is 19.5 Å². The third kappa shape index (κ3) is 5.47. The Balaban J connectivity index is 0.00000289. The van der Waals surface area contributed by atoms with Gasteiger partial charge in [0.15, 0.2) is 0 Å². The van der Waals surface area contributed by atoms with Gasteiger partial charge in [0.2, 0.25) is 18.3 Å². The molecule has 0 spiro atoms. The monoisotopic (exact) mass is 618 g/mol. The lowest BCUT2D eigenvalue weighted by Crippen LogP contribution is -2.37. The molecule has 2 aliphatic rings. The number of carbonyl (C=O) groups excluding carboxylic acids is 1. The lowest BCUT2D eigenvalue weighted by Gasteiger charge is -2.30. The molecular weight excluding hydrogens is 594 g/mol. The number of hydrogen-bond donors (Lipinski definition) is 1. The lowest BCUT2D eigenvalue weighted by molar-refractivity contribution is -0.904. The first-order chi connectivity index (χ1) is 16.4. The molecule has 0 radical (unpaired) electrons. The van der Waals surface area contributed by atoms with Crippen molar-refractivity contribution >= 4 is 54.9 Å². The van der Waals surface area contributed by atoms with E-state index >= 15 is 0 Å². The van der Waals surface area contributed by atoms with E-state index in [1.54, 1.807) is 12.1 Å². The number of aryl methyl sites for hydroxylation is 2. The number of hydrogen-bond acceptors (Lipinski definition) is 3. The minimum Gasteiger partial charge on any atom is -0.342 e. The summed E-state index contributed by atoms with van der Waals surface area (Å²) in [5.41, 5.74) is 8.05. The molecule has 3 heterocycles. The Bertz CT molecular complexity index is 1300. The van der Waals surface area contributed by atoms with Gasteiger partial charge in [0.1, 0.15) is 0 Å². The third-order valence-electron chi connectivity index (χ3n) is 6.53. The number of carbonyl (C=O) groups is 1. The average Bonchev–Trinajstić information content (AvgIpc) is 2.97. The second-order valence-electron chi connectivity index (χ2n) is 8.71. The molecule has 35 heavy (non-hydrogen) atoms. The van der Waals surface area contributed by atoms with Gasteiger partial charge in [-0.1, -0.05) is 40.5 Å². The van der Waals surface area contributed by atoms with Gasteiger partial charge in [0.25, 0.3) is 0 Å². The summed E-state index contributed by atoms with van der Waals surface area (Å²) >= 11 is 13.8. The Kier molecular flexibility index (Phi) is 7.99. The smallest absolute Gasteiger partial charge is 0.227 e. The number of benzene rings is 1. The molecule has 1 N–H and O–H groups in total. The normalized spacial score (nSPS) is 15.1. The molecule has 1 aliphatic heterocycles. The largest absolute Gasteiger partial charge is 0.342 e. The zero-order chi connectivity index (χ0) is 23.8. The van der Waals surface area contributed by atoms with Gasteiger partial charge in [-0.25, -0.2) is 0 Å². The van der Waals surface area contributed by atoms with Gasteiger partial charge in [0.05, 0.1) is 12.1 Å². The van der Waals surface area contributed by atoms with E-state index in [0.717, 1.165) is 55.6 Å². The minimum atomic E-state index is 0. The van der Waals surface area contributed by atoms with Gasteiger partial charge >= 0.3 is 0 Å². The Morgan fingerprint density at radius 3 is 2.46 bits per heavy atom. The van der Waals surface area contributed by atoms with Crippen LogP contribution in [0.2, 0.25) is 5.02 Å². The molecule has 2 aromatic heterocycles. The summed E-state index contributed by atoms with van der Waals surface area (Å²) in [4.78, 5) is 19.7. The van der Waals surface area contributed by atoms with Crippen molar-refractivity contribution in [3.63, 3.8) is 0 Å². The van der Waals surface area contributed by atoms with Crippen LogP contribution in [0.3, 0.4) is 0 Å². The van der Waals surface area contributed by atoms with Gasteiger partial charge in [-0.15, -0.1) is 0 Å². The fourth-order valence-corrected chi connectivity index (χ4v) is 6.31. The predicted octanol–water partition coefficient (Wildman–Crippen LogP) is 6.19. The van der Waals surface area contributed by atoms with Crippen LogP contribution in [0.15, 0.2) is 63.4 Å². The molecule has 0 atom stereocenters. The molecule has 5 nitrogen and oxygen atoms in total. The topological polar surface area (TPSA) is 57.3 Å². The number of nitrogens with zero attached hydrogens (tertiary/aromatic N) is 3. The number of pyridine rings is 2. The molecule has 3 aromatic rings. The zero-order valence-corrected chi connectivity index (χ0v) is 22.3. The predicted molar refractivity (Wildman–Crippen MR) is 145 cm³/mol. The molecule has 0 unspecified atom stereocenters. The fourth-order valence-electron chi connectivity index (χ4n) is 4.86. The summed E-state index contributed by atoms with van der Waals surface area (Å²) < 4.78 is 2.94. The second kappa shape index (κ2) is 10.8. The molecule has 1 aliphatic carbocycles. The van der Waals surface area contributed by atoms with Crippen molar-refractivity contribution in [1.29, 1.82) is 0 Å². The summed E-state index contributed by atoms with van der Waals surface area (Å²) in [6.45, 7) is 1.35. The van der Waals surface area contributed by atoms with Crippen molar-refractivity contribution < 1.29 is 14.7 Å². The highest BCUT2D eigenvalue weighted by Gasteiger charge is 2.28. The van der Waals surface area contributed by atoms with E-state index in [2.05, 4.69) is 44.0 Å². The summed E-state index contributed by atoms with van der Waals surface area (Å²) in [6, 6.07) is 9.72. The number of rotatable bonds is 2. The summed E-state index contributed by atoms with van der Waals surface area (Å²) in [5, 5.41) is 10.1. The van der Waals surface area contributed by atoms with Crippen molar-refractivity contribution in [1.82, 2.24) is 9.88 Å². The minimum absolute atomic E-state index is 0. The standard InChI is InChI=1S/C26H23Br2ClN3O2.CH4/c27-20-12-19-2-1-18-13-21(29)14-22(28)24(18)25(26(19)30-15-20)17-5-7-31(8-6-17)23(33)11-16-3-9-32(34)10-4-16;/h3-4,9-10,12-15,34H,1-2,5-8,11H2;1H4/q+1;. The lowest BCUT2D eigenvalue weighted by atomic mass is 9.88. The maximum absolute atomic E-state index is 12.9. The van der Waals surface area contributed by atoms with E-state index in [1.807, 2.05) is 17.2 Å². The van der Waals surface area contributed by atoms with Crippen molar-refractivity contribution in [2.24, 2.45) is 0 Å². The average molecular weight is 621 g/mol. The number of halogens is 3. The van der Waals surface area contributed by atoms with E-state index in [4.69, 9.17) is 16.6 Å². The maximum atomic E-state index is 12.9. The molecule has 5 rings (SSSR count). The van der Waals surface area contributed by atoms with Crippen LogP contribution in [0.5, 0.6) is 0 Å². The van der Waals surface area contributed by atoms with Crippen molar-refractivity contribution in [2.45, 2.75) is 39.5 Å². The summed E-state index contributed by atoms with van der Waals surface area (Å²) in [7, 11) is 0. The summed E-state index contributed by atoms with van der Waals surface area (Å²) in [5.74, 6) is 0.108. The molecule has 1 fully saturated rings. The third-order valence-corrected chi connectivity index (χ3v) is 7.81. The Labute approximate surface area is 227 Å². The van der Waals surface area contributed by atoms with Gasteiger partial charge in [-0.2, -0.15) is 0 Å². The molecule has 182 valence electrons. The maximum Gasteiger partial charge on any atom is 0.227 e. The molecule has 1 saturated heterocycles. The van der Waals surface area contributed by atoms with Crippen molar-refractivity contribution in [2.75, 3.05) is 13.1 Å². The highest BCUT2D eigenvalue weighted by molar-refractivity contribution is 9.10. The second-order valence-corrected chi connectivity index (χ2v) is 10.9. The van der Waals surface area contributed by atoms with Crippen LogP contribution in [0.25, 0.3) is 5.57 Å². The zero-order valence-electron chi connectivity index (χ0n) is 18.4. The van der Waals surface area contributed by atoms with Gasteiger partial charge < -0.3 is 4.90 Å². The van der Waals surface area contributed by atoms with Gasteiger partial charge in [-0.3, -0.25) is 15.0 Å². The van der Waals surface area contributed by atoms with Crippen LogP contribution in [-0.4, -0.2) is 34.1 Å². The Morgan fingerprint density at radius 2 is 1.74 bits per heavy atom. The Morgan fingerprint density at radius 1 is 1.06 bits per heavy atom. The van der Waals surface area contributed by atoms with Crippen LogP contribution < -0.4 is 4.73 Å². The Hall–Kier alpha value is -2.22. The van der Waals surface area contributed by atoms with Gasteiger partial charge in [0, 0.05) is 61.3 Å². The number of likely N-dealkylation sites (tertiary alicyclic amines) is 1. The van der Waals surface area contributed by atoms with E-state index < -0.39 is 0 Å². The highest BCUT2D eigenvalue weighted by atomic mass is 79.9. The van der Waals surface area contributed by atoms with Gasteiger partial charge in [-0.05, 0) is 76.5 Å². The highest BCUT2D eigenvalue weighted by Crippen LogP contribution is 2.42. The van der Waals surface area contributed by atoms with E-state index in [9.17, 15) is 10.0 Å². The van der Waals surface area contributed by atoms with Crippen molar-refractivity contribution in [3.05, 3.63) is 96.4 Å². The van der Waals surface area contributed by atoms with E-state index in [1.165, 1.54) is 40.2 Å². The number of piperidine rings is 1. The molecule has 8 heteroatoms. The molecule has 0 bridgehead atoms. The first-order valence-electron chi connectivity index (χ1n) is 11.2. The fraction of sp³-hybridized carbons (Fsp3) is 0.296. The van der Waals surface area contributed by atoms with Crippen LogP contribution in [0.1, 0.15) is 48.2 Å². The quantitative estimate of drug-likeness (QED) is 0.275. The van der Waals surface area contributed by atoms with Crippen LogP contribution >= 0.6 is 43.5 Å². The van der Waals surface area contributed by atoms with Crippen LogP contribution in [0.4, 0.5) is 0 Å². The SMILES string of the molecule is C.O=C(Cc1cc[n+](O)cc1)N1CCC(=C2c3ncc(Br)cc3CCc3cc(Cl)cc(Br)c32)CC1. The number of aromatic nitrogens is 2. The van der Waals surface area contributed by atoms with Crippen LogP contribution in [-0.2, 0) is 24.1 Å². The molecular formula is C27H27Br2ClN3O2+. The first kappa shape index (κ1) is 25.9. The number of amides is 1. The summed E-state index contributed by atoms with van der Waals surface area (Å²) in [6.07, 6.45) is 8.67. The molecule has 1 aromatic carbocycles. The van der Waals surface area contributed by atoms with Crippen LogP contribution in [0, 0.1) is 0 Å². The van der Waals surface area contributed by atoms with E-state index in [-0.39, 0.29) is 13.3 Å².